The number of aliphatic hydroxyl groups excluding tert-OH is 1. The van der Waals surface area contributed by atoms with Gasteiger partial charge in [0.1, 0.15) is 36.1 Å². The van der Waals surface area contributed by atoms with Crippen molar-refractivity contribution in [3.05, 3.63) is 118 Å². The van der Waals surface area contributed by atoms with Gasteiger partial charge in [-0.3, -0.25) is 9.59 Å². The Balaban J connectivity index is 1.20. The van der Waals surface area contributed by atoms with E-state index in [0.29, 0.717) is 0 Å². The smallest absolute Gasteiger partial charge is 0.417 e. The van der Waals surface area contributed by atoms with Crippen molar-refractivity contribution in [3.8, 4) is 0 Å². The summed E-state index contributed by atoms with van der Waals surface area (Å²) in [7, 11) is 1.48. The van der Waals surface area contributed by atoms with Crippen LogP contribution in [0.15, 0.2) is 102 Å². The lowest BCUT2D eigenvalue weighted by molar-refractivity contribution is -0.320. The van der Waals surface area contributed by atoms with E-state index >= 15 is 0 Å². The van der Waals surface area contributed by atoms with Crippen molar-refractivity contribution in [2.45, 2.75) is 114 Å². The van der Waals surface area contributed by atoms with Gasteiger partial charge < -0.3 is 43.4 Å². The van der Waals surface area contributed by atoms with Crippen molar-refractivity contribution in [3.63, 3.8) is 0 Å². The quantitative estimate of drug-likeness (QED) is 0.138. The Kier molecular flexibility index (Phi) is 15.5. The van der Waals surface area contributed by atoms with Crippen LogP contribution < -0.4 is 0 Å². The summed E-state index contributed by atoms with van der Waals surface area (Å²) >= 11 is 3.37. The third kappa shape index (κ3) is 10.6. The molecule has 3 aromatic rings. The zero-order valence-corrected chi connectivity index (χ0v) is 36.3. The van der Waals surface area contributed by atoms with Crippen molar-refractivity contribution < 1.29 is 57.8 Å². The molecule has 3 aliphatic heterocycles. The van der Waals surface area contributed by atoms with Crippen molar-refractivity contribution >= 4 is 33.7 Å². The summed E-state index contributed by atoms with van der Waals surface area (Å²) in [5, 5.41) is 22.5. The molecule has 3 aliphatic rings. The molecule has 0 unspecified atom stereocenters. The lowest BCUT2D eigenvalue weighted by Crippen LogP contribution is -2.61. The minimum Gasteiger partial charge on any atom is -0.441 e. The molecule has 14 heteroatoms. The van der Waals surface area contributed by atoms with Gasteiger partial charge in [0.25, 0.3) is 0 Å². The molecule has 2 fully saturated rings. The normalized spacial score (nSPS) is 28.4. The van der Waals surface area contributed by atoms with E-state index in [4.69, 9.17) is 33.2 Å². The molecule has 2 saturated heterocycles. The van der Waals surface area contributed by atoms with Crippen LogP contribution >= 0.6 is 15.9 Å². The lowest BCUT2D eigenvalue weighted by Gasteiger charge is -2.45. The molecule has 0 aliphatic carbocycles. The van der Waals surface area contributed by atoms with Gasteiger partial charge in [-0.25, -0.2) is 9.69 Å². The number of aliphatic hydroxyl groups is 2. The van der Waals surface area contributed by atoms with Gasteiger partial charge in [0.05, 0.1) is 36.3 Å². The van der Waals surface area contributed by atoms with Crippen molar-refractivity contribution in [1.29, 1.82) is 0 Å². The predicted molar refractivity (Wildman–Crippen MR) is 223 cm³/mol. The monoisotopic (exact) mass is 893 g/mol. The summed E-state index contributed by atoms with van der Waals surface area (Å²) in [5.74, 6) is -4.53. The largest absolute Gasteiger partial charge is 0.441 e. The molecule has 0 saturated carbocycles. The fourth-order valence-electron chi connectivity index (χ4n) is 8.41. The van der Waals surface area contributed by atoms with Gasteiger partial charge in [-0.15, -0.1) is 0 Å². The summed E-state index contributed by atoms with van der Waals surface area (Å²) in [6.07, 6.45) is -4.85. The van der Waals surface area contributed by atoms with E-state index in [2.05, 4.69) is 15.9 Å². The van der Waals surface area contributed by atoms with Crippen LogP contribution in [0.1, 0.15) is 57.2 Å². The number of benzene rings is 3. The molecular weight excluding hydrogens is 838 g/mol. The Bertz CT molecular complexity index is 1910. The van der Waals surface area contributed by atoms with Crippen LogP contribution in [-0.2, 0) is 62.4 Å². The molecule has 13 nitrogen and oxygen atoms in total. The highest BCUT2D eigenvalue weighted by molar-refractivity contribution is 9.11. The van der Waals surface area contributed by atoms with E-state index in [0.717, 1.165) is 21.6 Å². The first kappa shape index (κ1) is 45.7. The number of amides is 2. The molecule has 2 N–H and O–H groups in total. The summed E-state index contributed by atoms with van der Waals surface area (Å²) in [6, 6.07) is 27.8. The van der Waals surface area contributed by atoms with Crippen LogP contribution in [0.4, 0.5) is 4.79 Å². The standard InChI is InChI=1S/C46H56BrNO12/c1-29(2)41-45(3,4)60-44(52)48(41)42(51)33(24-30-16-9-6-10-17-30)37-34(50)25-36(47)46(53,59-37)22-15-23-55-40-39(57-28-32-20-13-8-14-21-32)38(35(26-49)58-43(40)54-5)56-27-31-18-11-7-12-19-31/h6-14,16-21,25,29,33,35,37-41,43,49,53H,15,22-24,26-28H2,1-5H3/t33-,35-,37-,38-,39+,40+,41-,43+,46+/m1/s1. The molecule has 0 spiro atoms. The Morgan fingerprint density at radius 3 is 1.97 bits per heavy atom. The second kappa shape index (κ2) is 20.4. The van der Waals surface area contributed by atoms with Crippen LogP contribution in [-0.4, -0.2) is 107 Å². The van der Waals surface area contributed by atoms with Crippen LogP contribution in [0.2, 0.25) is 0 Å². The van der Waals surface area contributed by atoms with Crippen LogP contribution in [0, 0.1) is 11.8 Å². The number of carbonyl (C=O) groups is 3. The summed E-state index contributed by atoms with van der Waals surface area (Å²) in [6.45, 7) is 7.46. The molecule has 3 aromatic carbocycles. The highest BCUT2D eigenvalue weighted by atomic mass is 79.9. The summed E-state index contributed by atoms with van der Waals surface area (Å²) in [4.78, 5) is 42.8. The molecule has 324 valence electrons. The van der Waals surface area contributed by atoms with Gasteiger partial charge in [0, 0.05) is 20.1 Å². The number of nitrogens with zero attached hydrogens (tertiary/aromatic N) is 1. The Labute approximate surface area is 360 Å². The molecule has 3 heterocycles. The van der Waals surface area contributed by atoms with E-state index in [1.54, 1.807) is 13.8 Å². The number of cyclic esters (lactones) is 1. The highest BCUT2D eigenvalue weighted by Crippen LogP contribution is 2.40. The van der Waals surface area contributed by atoms with Gasteiger partial charge in [0.2, 0.25) is 5.91 Å². The number of ketones is 1. The Morgan fingerprint density at radius 1 is 0.850 bits per heavy atom. The minimum absolute atomic E-state index is 0.0516. The minimum atomic E-state index is -2.03. The maximum atomic E-state index is 14.6. The van der Waals surface area contributed by atoms with E-state index in [1.807, 2.05) is 105 Å². The first-order valence-corrected chi connectivity index (χ1v) is 21.2. The number of carbonyl (C=O) groups excluding carboxylic acids is 3. The molecule has 60 heavy (non-hydrogen) atoms. The van der Waals surface area contributed by atoms with Crippen LogP contribution in [0.5, 0.6) is 0 Å². The third-order valence-corrected chi connectivity index (χ3v) is 12.0. The molecule has 9 atom stereocenters. The first-order valence-electron chi connectivity index (χ1n) is 20.4. The van der Waals surface area contributed by atoms with Crippen LogP contribution in [0.3, 0.4) is 0 Å². The average Bonchev–Trinajstić information content (AvgIpc) is 3.49. The van der Waals surface area contributed by atoms with Crippen molar-refractivity contribution in [2.75, 3.05) is 20.3 Å². The molecular formula is C46H56BrNO12. The lowest BCUT2D eigenvalue weighted by atomic mass is 9.85. The maximum Gasteiger partial charge on any atom is 0.417 e. The number of methoxy groups -OCH3 is 1. The summed E-state index contributed by atoms with van der Waals surface area (Å²) < 4.78 is 43.3. The number of ether oxygens (including phenoxy) is 7. The number of hydrogen-bond acceptors (Lipinski definition) is 12. The van der Waals surface area contributed by atoms with Gasteiger partial charge in [-0.05, 0) is 71.3 Å². The number of rotatable bonds is 18. The van der Waals surface area contributed by atoms with E-state index in [-0.39, 0.29) is 56.1 Å². The Morgan fingerprint density at radius 2 is 1.42 bits per heavy atom. The first-order chi connectivity index (χ1) is 28.8. The van der Waals surface area contributed by atoms with Gasteiger partial charge in [-0.2, -0.15) is 0 Å². The molecule has 6 rings (SSSR count). The fraction of sp³-hybridized carbons (Fsp3) is 0.500. The molecule has 0 aromatic heterocycles. The second-order valence-electron chi connectivity index (χ2n) is 16.3. The predicted octanol–water partition coefficient (Wildman–Crippen LogP) is 6.26. The second-order valence-corrected chi connectivity index (χ2v) is 17.2. The van der Waals surface area contributed by atoms with Crippen molar-refractivity contribution in [1.82, 2.24) is 4.90 Å². The van der Waals surface area contributed by atoms with Gasteiger partial charge in [-0.1, -0.05) is 105 Å². The molecule has 2 amide bonds. The number of halogens is 1. The van der Waals surface area contributed by atoms with Crippen molar-refractivity contribution in [2.24, 2.45) is 11.8 Å². The topological polar surface area (TPSA) is 160 Å². The zero-order valence-electron chi connectivity index (χ0n) is 34.7. The number of imide groups is 1. The average molecular weight is 895 g/mol. The van der Waals surface area contributed by atoms with E-state index in [1.165, 1.54) is 13.2 Å². The highest BCUT2D eigenvalue weighted by Gasteiger charge is 2.56. The zero-order chi connectivity index (χ0) is 43.0. The maximum absolute atomic E-state index is 14.6. The summed E-state index contributed by atoms with van der Waals surface area (Å²) in [5.41, 5.74) is 1.62. The Hall–Kier alpha value is -3.83. The third-order valence-electron chi connectivity index (χ3n) is 11.2. The van der Waals surface area contributed by atoms with Gasteiger partial charge in [0.15, 0.2) is 17.9 Å². The van der Waals surface area contributed by atoms with Gasteiger partial charge >= 0.3 is 6.09 Å². The van der Waals surface area contributed by atoms with E-state index < -0.39 is 77.9 Å². The number of hydrogen-bond donors (Lipinski definition) is 2. The molecule has 0 radical (unpaired) electrons. The fourth-order valence-corrected chi connectivity index (χ4v) is 8.92. The molecule has 0 bridgehead atoms. The SMILES string of the molecule is CO[C@H]1O[C@H](CO)[C@@H](OCc2ccccc2)[C@H](OCc2ccccc2)[C@@H]1OCCC[C@]1(O)O[C@H]([C@@H](Cc2ccccc2)C(=O)N2C(=O)OC(C)(C)[C@H]2C(C)C)C(=O)C=C1Br. The van der Waals surface area contributed by atoms with Crippen LogP contribution in [0.25, 0.3) is 0 Å². The van der Waals surface area contributed by atoms with E-state index in [9.17, 15) is 24.6 Å².